The van der Waals surface area contributed by atoms with E-state index in [1.165, 1.54) is 6.20 Å². The number of nitrogens with zero attached hydrogens (tertiary/aromatic N) is 1. The first-order valence-electron chi connectivity index (χ1n) is 6.13. The van der Waals surface area contributed by atoms with E-state index >= 15 is 0 Å². The predicted octanol–water partition coefficient (Wildman–Crippen LogP) is 3.01. The summed E-state index contributed by atoms with van der Waals surface area (Å²) in [5, 5.41) is 10.6. The summed E-state index contributed by atoms with van der Waals surface area (Å²) in [5.41, 5.74) is 0.572. The van der Waals surface area contributed by atoms with Crippen molar-refractivity contribution in [1.82, 2.24) is 4.98 Å². The zero-order valence-corrected chi connectivity index (χ0v) is 11.6. The molecule has 0 aliphatic rings. The Morgan fingerprint density at radius 1 is 1.35 bits per heavy atom. The summed E-state index contributed by atoms with van der Waals surface area (Å²) in [4.78, 5) is 15.9. The summed E-state index contributed by atoms with van der Waals surface area (Å²) in [6.45, 7) is 1.60. The minimum Gasteiger partial charge on any atom is -0.426 e. The molecule has 0 radical (unpaired) electrons. The molecule has 1 aromatic carbocycles. The SMILES string of the molecule is C[C@@H](C(=O)Oc1cccc(Cl)c1)[C@@H](O)c1cccnc1. The zero-order valence-electron chi connectivity index (χ0n) is 10.9. The van der Waals surface area contributed by atoms with Crippen LogP contribution in [0, 0.1) is 5.92 Å². The number of hydrogen-bond acceptors (Lipinski definition) is 4. The Morgan fingerprint density at radius 2 is 2.15 bits per heavy atom. The Bertz CT molecular complexity index is 589. The Labute approximate surface area is 122 Å². The van der Waals surface area contributed by atoms with Gasteiger partial charge in [-0.3, -0.25) is 9.78 Å². The van der Waals surface area contributed by atoms with Crippen LogP contribution in [0.2, 0.25) is 5.02 Å². The summed E-state index contributed by atoms with van der Waals surface area (Å²) in [6.07, 6.45) is 2.16. The molecule has 0 spiro atoms. The van der Waals surface area contributed by atoms with Crippen molar-refractivity contribution < 1.29 is 14.6 Å². The number of pyridine rings is 1. The van der Waals surface area contributed by atoms with Crippen LogP contribution in [0.4, 0.5) is 0 Å². The van der Waals surface area contributed by atoms with Gasteiger partial charge in [0.1, 0.15) is 5.75 Å². The number of rotatable bonds is 4. The molecule has 2 aromatic rings. The molecule has 0 fully saturated rings. The van der Waals surface area contributed by atoms with Gasteiger partial charge in [-0.1, -0.05) is 23.7 Å². The molecule has 0 aliphatic carbocycles. The summed E-state index contributed by atoms with van der Waals surface area (Å²) in [7, 11) is 0. The molecule has 0 aliphatic heterocycles. The average Bonchev–Trinajstić information content (AvgIpc) is 2.46. The largest absolute Gasteiger partial charge is 0.426 e. The van der Waals surface area contributed by atoms with Crippen LogP contribution in [0.1, 0.15) is 18.6 Å². The van der Waals surface area contributed by atoms with Gasteiger partial charge >= 0.3 is 5.97 Å². The first-order valence-corrected chi connectivity index (χ1v) is 6.51. The molecule has 2 atom stereocenters. The molecule has 0 saturated heterocycles. The van der Waals surface area contributed by atoms with Gasteiger partial charge in [0.25, 0.3) is 0 Å². The third-order valence-corrected chi connectivity index (χ3v) is 3.12. The molecule has 20 heavy (non-hydrogen) atoms. The monoisotopic (exact) mass is 291 g/mol. The van der Waals surface area contributed by atoms with Gasteiger partial charge in [0.15, 0.2) is 0 Å². The minimum absolute atomic E-state index is 0.354. The van der Waals surface area contributed by atoms with E-state index in [-0.39, 0.29) is 0 Å². The van der Waals surface area contributed by atoms with E-state index in [2.05, 4.69) is 4.98 Å². The van der Waals surface area contributed by atoms with Gasteiger partial charge in [0.05, 0.1) is 12.0 Å². The quantitative estimate of drug-likeness (QED) is 0.695. The number of esters is 1. The van der Waals surface area contributed by atoms with Gasteiger partial charge in [-0.15, -0.1) is 0 Å². The highest BCUT2D eigenvalue weighted by atomic mass is 35.5. The maximum absolute atomic E-state index is 12.0. The smallest absolute Gasteiger partial charge is 0.317 e. The fraction of sp³-hybridized carbons (Fsp3) is 0.200. The standard InChI is InChI=1S/C15H14ClNO3/c1-10(14(18)11-4-3-7-17-9-11)15(19)20-13-6-2-5-12(16)8-13/h2-10,14,18H,1H3/t10-,14-/m1/s1. The number of halogens is 1. The van der Waals surface area contributed by atoms with Crippen LogP contribution >= 0.6 is 11.6 Å². The van der Waals surface area contributed by atoms with Gasteiger partial charge in [-0.25, -0.2) is 0 Å². The van der Waals surface area contributed by atoms with Crippen LogP contribution in [-0.2, 0) is 4.79 Å². The maximum atomic E-state index is 12.0. The number of benzene rings is 1. The second-order valence-corrected chi connectivity index (χ2v) is 4.83. The number of carbonyl (C=O) groups is 1. The molecule has 0 unspecified atom stereocenters. The molecule has 104 valence electrons. The van der Waals surface area contributed by atoms with E-state index < -0.39 is 18.0 Å². The van der Waals surface area contributed by atoms with E-state index in [0.29, 0.717) is 16.3 Å². The number of aliphatic hydroxyl groups excluding tert-OH is 1. The summed E-state index contributed by atoms with van der Waals surface area (Å²) in [6, 6.07) is 9.96. The van der Waals surface area contributed by atoms with Gasteiger partial charge in [0.2, 0.25) is 0 Å². The van der Waals surface area contributed by atoms with Crippen molar-refractivity contribution in [3.05, 3.63) is 59.4 Å². The lowest BCUT2D eigenvalue weighted by Gasteiger charge is -2.17. The van der Waals surface area contributed by atoms with E-state index in [9.17, 15) is 9.90 Å². The van der Waals surface area contributed by atoms with Gasteiger partial charge in [-0.2, -0.15) is 0 Å². The zero-order chi connectivity index (χ0) is 14.5. The highest BCUT2D eigenvalue weighted by molar-refractivity contribution is 6.30. The summed E-state index contributed by atoms with van der Waals surface area (Å²) >= 11 is 5.82. The van der Waals surface area contributed by atoms with Crippen LogP contribution in [0.5, 0.6) is 5.75 Å². The van der Waals surface area contributed by atoms with Crippen molar-refractivity contribution >= 4 is 17.6 Å². The molecular weight excluding hydrogens is 278 g/mol. The normalized spacial score (nSPS) is 13.6. The van der Waals surface area contributed by atoms with Crippen molar-refractivity contribution in [3.63, 3.8) is 0 Å². The van der Waals surface area contributed by atoms with Crippen LogP contribution in [0.25, 0.3) is 0 Å². The molecule has 2 rings (SSSR count). The number of hydrogen-bond donors (Lipinski definition) is 1. The van der Waals surface area contributed by atoms with Crippen molar-refractivity contribution in [3.8, 4) is 5.75 Å². The van der Waals surface area contributed by atoms with Crippen LogP contribution in [0.15, 0.2) is 48.8 Å². The fourth-order valence-corrected chi connectivity index (χ4v) is 1.89. The van der Waals surface area contributed by atoms with E-state index in [1.807, 2.05) is 0 Å². The van der Waals surface area contributed by atoms with Crippen LogP contribution in [0.3, 0.4) is 0 Å². The fourth-order valence-electron chi connectivity index (χ4n) is 1.71. The summed E-state index contributed by atoms with van der Waals surface area (Å²) < 4.78 is 5.20. The lowest BCUT2D eigenvalue weighted by atomic mass is 9.99. The second-order valence-electron chi connectivity index (χ2n) is 4.40. The Morgan fingerprint density at radius 3 is 2.80 bits per heavy atom. The van der Waals surface area contributed by atoms with Gasteiger partial charge in [-0.05, 0) is 36.8 Å². The molecule has 1 aromatic heterocycles. The molecule has 0 saturated carbocycles. The van der Waals surface area contributed by atoms with E-state index in [0.717, 1.165) is 0 Å². The first kappa shape index (κ1) is 14.5. The summed E-state index contributed by atoms with van der Waals surface area (Å²) in [5.74, 6) is -0.880. The number of aliphatic hydroxyl groups is 1. The third kappa shape index (κ3) is 3.56. The lowest BCUT2D eigenvalue weighted by molar-refractivity contribution is -0.142. The molecule has 0 amide bonds. The molecule has 4 nitrogen and oxygen atoms in total. The number of aromatic nitrogens is 1. The topological polar surface area (TPSA) is 59.4 Å². The van der Waals surface area contributed by atoms with Gasteiger partial charge < -0.3 is 9.84 Å². The third-order valence-electron chi connectivity index (χ3n) is 2.89. The van der Waals surface area contributed by atoms with Crippen molar-refractivity contribution in [1.29, 1.82) is 0 Å². The van der Waals surface area contributed by atoms with Crippen LogP contribution < -0.4 is 4.74 Å². The van der Waals surface area contributed by atoms with Crippen molar-refractivity contribution in [2.75, 3.05) is 0 Å². The Balaban J connectivity index is 2.05. The Kier molecular flexibility index (Phi) is 4.71. The van der Waals surface area contributed by atoms with E-state index in [4.69, 9.17) is 16.3 Å². The Hall–Kier alpha value is -1.91. The highest BCUT2D eigenvalue weighted by Gasteiger charge is 2.25. The van der Waals surface area contributed by atoms with E-state index in [1.54, 1.807) is 49.5 Å². The highest BCUT2D eigenvalue weighted by Crippen LogP contribution is 2.24. The van der Waals surface area contributed by atoms with Crippen LogP contribution in [-0.4, -0.2) is 16.1 Å². The minimum atomic E-state index is -0.963. The van der Waals surface area contributed by atoms with Gasteiger partial charge in [0, 0.05) is 17.4 Å². The van der Waals surface area contributed by atoms with Crippen molar-refractivity contribution in [2.45, 2.75) is 13.0 Å². The maximum Gasteiger partial charge on any atom is 0.317 e. The van der Waals surface area contributed by atoms with Crippen molar-refractivity contribution in [2.24, 2.45) is 5.92 Å². The lowest BCUT2D eigenvalue weighted by Crippen LogP contribution is -2.24. The number of ether oxygens (including phenoxy) is 1. The molecule has 5 heteroatoms. The molecule has 1 heterocycles. The average molecular weight is 292 g/mol. The molecular formula is C15H14ClNO3. The second kappa shape index (κ2) is 6.50. The number of carbonyl (C=O) groups excluding carboxylic acids is 1. The molecule has 0 bridgehead atoms. The predicted molar refractivity (Wildman–Crippen MR) is 75.4 cm³/mol. The first-order chi connectivity index (χ1) is 9.58. The molecule has 1 N–H and O–H groups in total.